The zero-order chi connectivity index (χ0) is 16.4. The van der Waals surface area contributed by atoms with Crippen LogP contribution < -0.4 is 5.32 Å². The van der Waals surface area contributed by atoms with Crippen LogP contribution in [0.4, 0.5) is 5.13 Å². The summed E-state index contributed by atoms with van der Waals surface area (Å²) in [7, 11) is 4.21. The summed E-state index contributed by atoms with van der Waals surface area (Å²) in [6.07, 6.45) is 0. The van der Waals surface area contributed by atoms with Gasteiger partial charge in [-0.15, -0.1) is 0 Å². The summed E-state index contributed by atoms with van der Waals surface area (Å²) < 4.78 is 0. The van der Waals surface area contributed by atoms with Gasteiger partial charge in [0, 0.05) is 25.7 Å². The van der Waals surface area contributed by atoms with Crippen molar-refractivity contribution >= 4 is 22.4 Å². The monoisotopic (exact) mass is 324 g/mol. The molecule has 0 unspecified atom stereocenters. The van der Waals surface area contributed by atoms with Crippen LogP contribution in [0.3, 0.4) is 0 Å². The Kier molecular flexibility index (Phi) is 5.45. The molecule has 5 nitrogen and oxygen atoms in total. The summed E-state index contributed by atoms with van der Waals surface area (Å²) >= 11 is 1.47. The first-order valence-electron chi connectivity index (χ1n) is 8.02. The molecule has 0 aromatic carbocycles. The third-order valence-corrected chi connectivity index (χ3v) is 5.56. The lowest BCUT2D eigenvalue weighted by atomic mass is 9.91. The van der Waals surface area contributed by atoms with Gasteiger partial charge in [0.05, 0.1) is 5.69 Å². The maximum absolute atomic E-state index is 12.9. The molecular weight excluding hydrogens is 296 g/mol. The van der Waals surface area contributed by atoms with Crippen LogP contribution in [0.5, 0.6) is 0 Å². The van der Waals surface area contributed by atoms with Crippen LogP contribution in [0.25, 0.3) is 0 Å². The normalized spacial score (nSPS) is 21.9. The molecule has 2 atom stereocenters. The smallest absolute Gasteiger partial charge is 0.265 e. The zero-order valence-electron chi connectivity index (χ0n) is 14.5. The van der Waals surface area contributed by atoms with E-state index in [1.807, 2.05) is 18.7 Å². The SMILES string of the molecule is CCNc1nc(C)c(C(=O)N2C[C@@H](N(C)C)[C@H](C(C)C)C2)s1. The van der Waals surface area contributed by atoms with Gasteiger partial charge in [0.1, 0.15) is 4.88 Å². The fourth-order valence-electron chi connectivity index (χ4n) is 3.14. The third kappa shape index (κ3) is 3.43. The number of anilines is 1. The van der Waals surface area contributed by atoms with Gasteiger partial charge in [-0.3, -0.25) is 4.79 Å². The number of nitrogens with one attached hydrogen (secondary N) is 1. The number of aromatic nitrogens is 1. The van der Waals surface area contributed by atoms with E-state index in [1.54, 1.807) is 0 Å². The molecule has 0 spiro atoms. The van der Waals surface area contributed by atoms with E-state index in [1.165, 1.54) is 11.3 Å². The highest BCUT2D eigenvalue weighted by molar-refractivity contribution is 7.17. The van der Waals surface area contributed by atoms with E-state index in [0.29, 0.717) is 17.9 Å². The van der Waals surface area contributed by atoms with Gasteiger partial charge < -0.3 is 15.1 Å². The number of hydrogen-bond donors (Lipinski definition) is 1. The summed E-state index contributed by atoms with van der Waals surface area (Å²) in [6.45, 7) is 10.9. The van der Waals surface area contributed by atoms with Crippen LogP contribution in [0.2, 0.25) is 0 Å². The molecule has 1 aromatic heterocycles. The number of likely N-dealkylation sites (tertiary alicyclic amines) is 1. The van der Waals surface area contributed by atoms with E-state index in [-0.39, 0.29) is 5.91 Å². The molecule has 0 bridgehead atoms. The highest BCUT2D eigenvalue weighted by atomic mass is 32.1. The number of thiazole rings is 1. The van der Waals surface area contributed by atoms with Gasteiger partial charge in [-0.1, -0.05) is 25.2 Å². The number of likely N-dealkylation sites (N-methyl/N-ethyl adjacent to an activating group) is 1. The summed E-state index contributed by atoms with van der Waals surface area (Å²) in [4.78, 5) is 22.4. The Morgan fingerprint density at radius 1 is 1.45 bits per heavy atom. The number of carbonyl (C=O) groups excluding carboxylic acids is 1. The minimum absolute atomic E-state index is 0.133. The Morgan fingerprint density at radius 2 is 2.14 bits per heavy atom. The van der Waals surface area contributed by atoms with Crippen LogP contribution in [-0.2, 0) is 0 Å². The molecule has 1 saturated heterocycles. The minimum atomic E-state index is 0.133. The first-order chi connectivity index (χ1) is 10.3. The second kappa shape index (κ2) is 6.96. The molecular formula is C16H28N4OS. The molecule has 1 aliphatic heterocycles. The standard InChI is InChI=1S/C16H28N4OS/c1-7-17-16-18-11(4)14(22-16)15(21)20-8-12(10(2)3)13(9-20)19(5)6/h10,12-13H,7-9H2,1-6H3,(H,17,18)/t12-,13+/m0/s1. The number of carbonyl (C=O) groups is 1. The summed E-state index contributed by atoms with van der Waals surface area (Å²) in [6, 6.07) is 0.436. The summed E-state index contributed by atoms with van der Waals surface area (Å²) in [5.41, 5.74) is 0.834. The molecule has 1 fully saturated rings. The largest absolute Gasteiger partial charge is 0.362 e. The lowest BCUT2D eigenvalue weighted by molar-refractivity contribution is 0.0783. The molecule has 0 saturated carbocycles. The molecule has 2 rings (SSSR count). The molecule has 1 N–H and O–H groups in total. The van der Waals surface area contributed by atoms with Crippen LogP contribution in [0, 0.1) is 18.8 Å². The first kappa shape index (κ1) is 17.2. The summed E-state index contributed by atoms with van der Waals surface area (Å²) in [5, 5.41) is 4.04. The third-order valence-electron chi connectivity index (χ3n) is 4.46. The maximum Gasteiger partial charge on any atom is 0.265 e. The van der Waals surface area contributed by atoms with Gasteiger partial charge in [-0.25, -0.2) is 4.98 Å². The fourth-order valence-corrected chi connectivity index (χ4v) is 4.15. The molecule has 0 radical (unpaired) electrons. The second-order valence-corrected chi connectivity index (χ2v) is 7.61. The number of aryl methyl sites for hydroxylation is 1. The van der Waals surface area contributed by atoms with Crippen molar-refractivity contribution in [1.29, 1.82) is 0 Å². The Hall–Kier alpha value is -1.14. The highest BCUT2D eigenvalue weighted by Gasteiger charge is 2.39. The quantitative estimate of drug-likeness (QED) is 0.904. The summed E-state index contributed by atoms with van der Waals surface area (Å²) in [5.74, 6) is 1.24. The van der Waals surface area contributed by atoms with E-state index < -0.39 is 0 Å². The Bertz CT molecular complexity index is 510. The second-order valence-electron chi connectivity index (χ2n) is 6.61. The average molecular weight is 324 g/mol. The van der Waals surface area contributed by atoms with Crippen molar-refractivity contribution in [2.45, 2.75) is 33.7 Å². The van der Waals surface area contributed by atoms with E-state index in [4.69, 9.17) is 0 Å². The van der Waals surface area contributed by atoms with Gasteiger partial charge in [0.25, 0.3) is 5.91 Å². The van der Waals surface area contributed by atoms with E-state index in [2.05, 4.69) is 43.1 Å². The first-order valence-corrected chi connectivity index (χ1v) is 8.83. The maximum atomic E-state index is 12.9. The van der Waals surface area contributed by atoms with Crippen molar-refractivity contribution in [3.05, 3.63) is 10.6 Å². The Labute approximate surface area is 137 Å². The van der Waals surface area contributed by atoms with Gasteiger partial charge in [-0.05, 0) is 39.8 Å². The molecule has 124 valence electrons. The van der Waals surface area contributed by atoms with Crippen molar-refractivity contribution in [3.8, 4) is 0 Å². The molecule has 2 heterocycles. The van der Waals surface area contributed by atoms with E-state index >= 15 is 0 Å². The van der Waals surface area contributed by atoms with Crippen molar-refractivity contribution < 1.29 is 4.79 Å². The minimum Gasteiger partial charge on any atom is -0.362 e. The van der Waals surface area contributed by atoms with E-state index in [0.717, 1.165) is 35.3 Å². The number of nitrogens with zero attached hydrogens (tertiary/aromatic N) is 3. The number of amides is 1. The van der Waals surface area contributed by atoms with Gasteiger partial charge in [0.2, 0.25) is 0 Å². The Balaban J connectivity index is 2.16. The van der Waals surface area contributed by atoms with Crippen molar-refractivity contribution in [3.63, 3.8) is 0 Å². The van der Waals surface area contributed by atoms with Crippen molar-refractivity contribution in [2.75, 3.05) is 39.0 Å². The molecule has 1 aliphatic rings. The zero-order valence-corrected chi connectivity index (χ0v) is 15.3. The topological polar surface area (TPSA) is 48.5 Å². The van der Waals surface area contributed by atoms with E-state index in [9.17, 15) is 4.79 Å². The van der Waals surface area contributed by atoms with Crippen LogP contribution in [-0.4, -0.2) is 60.5 Å². The van der Waals surface area contributed by atoms with Crippen LogP contribution >= 0.6 is 11.3 Å². The van der Waals surface area contributed by atoms with Gasteiger partial charge in [-0.2, -0.15) is 0 Å². The van der Waals surface area contributed by atoms with Crippen molar-refractivity contribution in [2.24, 2.45) is 11.8 Å². The molecule has 0 aliphatic carbocycles. The molecule has 1 aromatic rings. The molecule has 6 heteroatoms. The lowest BCUT2D eigenvalue weighted by Gasteiger charge is -2.27. The van der Waals surface area contributed by atoms with Crippen LogP contribution in [0.15, 0.2) is 0 Å². The fraction of sp³-hybridized carbons (Fsp3) is 0.750. The lowest BCUT2D eigenvalue weighted by Crippen LogP contribution is -2.37. The molecule has 1 amide bonds. The number of hydrogen-bond acceptors (Lipinski definition) is 5. The van der Waals surface area contributed by atoms with Gasteiger partial charge >= 0.3 is 0 Å². The number of rotatable bonds is 5. The molecule has 22 heavy (non-hydrogen) atoms. The highest BCUT2D eigenvalue weighted by Crippen LogP contribution is 2.30. The average Bonchev–Trinajstić information content (AvgIpc) is 3.02. The van der Waals surface area contributed by atoms with Crippen molar-refractivity contribution in [1.82, 2.24) is 14.8 Å². The Morgan fingerprint density at radius 3 is 2.64 bits per heavy atom. The van der Waals surface area contributed by atoms with Crippen LogP contribution in [0.1, 0.15) is 36.1 Å². The predicted octanol–water partition coefficient (Wildman–Crippen LogP) is 2.54. The van der Waals surface area contributed by atoms with Gasteiger partial charge in [0.15, 0.2) is 5.13 Å². The predicted molar refractivity (Wildman–Crippen MR) is 92.7 cm³/mol.